The van der Waals surface area contributed by atoms with E-state index in [0.29, 0.717) is 11.6 Å². The molecule has 0 saturated heterocycles. The number of fused-ring (bicyclic) bond motifs is 1. The summed E-state index contributed by atoms with van der Waals surface area (Å²) in [6.45, 7) is 6.05. The first kappa shape index (κ1) is 15.0. The van der Waals surface area contributed by atoms with E-state index in [0.717, 1.165) is 29.6 Å². The van der Waals surface area contributed by atoms with Crippen LogP contribution in [-0.2, 0) is 0 Å². The molecule has 0 aromatic carbocycles. The highest BCUT2D eigenvalue weighted by molar-refractivity contribution is 5.98. The molecule has 2 aromatic heterocycles. The molecule has 1 saturated carbocycles. The van der Waals surface area contributed by atoms with E-state index in [-0.39, 0.29) is 11.9 Å². The van der Waals surface area contributed by atoms with E-state index in [4.69, 9.17) is 0 Å². The molecule has 118 valence electrons. The number of amides is 1. The molecule has 1 N–H and O–H groups in total. The fourth-order valence-corrected chi connectivity index (χ4v) is 3.18. The summed E-state index contributed by atoms with van der Waals surface area (Å²) in [6, 6.07) is 2.49. The molecule has 1 aliphatic carbocycles. The second kappa shape index (κ2) is 6.07. The van der Waals surface area contributed by atoms with Gasteiger partial charge in [-0.3, -0.25) is 4.79 Å². The van der Waals surface area contributed by atoms with Crippen molar-refractivity contribution in [1.82, 2.24) is 20.1 Å². The Labute approximate surface area is 131 Å². The maximum Gasteiger partial charge on any atom is 0.253 e. The zero-order valence-corrected chi connectivity index (χ0v) is 13.6. The number of rotatable bonds is 3. The number of nitrogens with zero attached hydrogens (tertiary/aromatic N) is 3. The highest BCUT2D eigenvalue weighted by Gasteiger charge is 2.19. The lowest BCUT2D eigenvalue weighted by atomic mass is 9.95. The number of carbonyl (C=O) groups is 1. The van der Waals surface area contributed by atoms with Crippen molar-refractivity contribution in [1.29, 1.82) is 0 Å². The summed E-state index contributed by atoms with van der Waals surface area (Å²) >= 11 is 0. The number of hydrogen-bond acceptors (Lipinski definition) is 3. The quantitative estimate of drug-likeness (QED) is 0.945. The molecule has 1 fully saturated rings. The van der Waals surface area contributed by atoms with Crippen molar-refractivity contribution in [3.8, 4) is 0 Å². The van der Waals surface area contributed by atoms with Crippen molar-refractivity contribution < 1.29 is 4.79 Å². The van der Waals surface area contributed by atoms with E-state index >= 15 is 0 Å². The third kappa shape index (κ3) is 2.85. The van der Waals surface area contributed by atoms with Crippen molar-refractivity contribution in [2.24, 2.45) is 0 Å². The third-order valence-electron chi connectivity index (χ3n) is 4.43. The zero-order chi connectivity index (χ0) is 15.7. The van der Waals surface area contributed by atoms with Crippen LogP contribution in [0, 0.1) is 6.92 Å². The Balaban J connectivity index is 1.87. The van der Waals surface area contributed by atoms with Gasteiger partial charge in [0.15, 0.2) is 5.65 Å². The highest BCUT2D eigenvalue weighted by Crippen LogP contribution is 2.21. The lowest BCUT2D eigenvalue weighted by Crippen LogP contribution is -2.36. The van der Waals surface area contributed by atoms with Crippen molar-refractivity contribution in [2.75, 3.05) is 0 Å². The van der Waals surface area contributed by atoms with Crippen LogP contribution in [-0.4, -0.2) is 26.7 Å². The average molecular weight is 300 g/mol. The topological polar surface area (TPSA) is 59.8 Å². The average Bonchev–Trinajstić information content (AvgIpc) is 2.90. The first-order valence-corrected chi connectivity index (χ1v) is 8.22. The molecule has 2 heterocycles. The summed E-state index contributed by atoms with van der Waals surface area (Å²) in [6.07, 6.45) is 7.68. The fourth-order valence-electron chi connectivity index (χ4n) is 3.18. The van der Waals surface area contributed by atoms with Gasteiger partial charge >= 0.3 is 0 Å². The van der Waals surface area contributed by atoms with Gasteiger partial charge in [0.25, 0.3) is 5.91 Å². The fraction of sp³-hybridized carbons (Fsp3) is 0.588. The van der Waals surface area contributed by atoms with E-state index in [1.807, 2.05) is 17.7 Å². The Hall–Kier alpha value is -1.91. The Morgan fingerprint density at radius 1 is 1.32 bits per heavy atom. The molecule has 0 unspecified atom stereocenters. The van der Waals surface area contributed by atoms with Crippen LogP contribution in [0.2, 0.25) is 0 Å². The molecule has 5 heteroatoms. The molecule has 0 radical (unpaired) electrons. The van der Waals surface area contributed by atoms with Crippen molar-refractivity contribution in [3.63, 3.8) is 0 Å². The second-order valence-electron chi connectivity index (χ2n) is 6.53. The predicted molar refractivity (Wildman–Crippen MR) is 87.0 cm³/mol. The lowest BCUT2D eigenvalue weighted by Gasteiger charge is -2.23. The molecule has 1 aliphatic rings. The second-order valence-corrected chi connectivity index (χ2v) is 6.53. The zero-order valence-electron chi connectivity index (χ0n) is 13.6. The Morgan fingerprint density at radius 3 is 2.73 bits per heavy atom. The summed E-state index contributed by atoms with van der Waals surface area (Å²) in [7, 11) is 0. The van der Waals surface area contributed by atoms with Gasteiger partial charge in [0.2, 0.25) is 0 Å². The largest absolute Gasteiger partial charge is 0.349 e. The molecule has 22 heavy (non-hydrogen) atoms. The number of hydrogen-bond donors (Lipinski definition) is 1. The standard InChI is InChI=1S/C17H24N4O/c1-11(2)21-16-13(10-18-21)9-15(12(3)19-16)17(22)20-14-7-5-4-6-8-14/h9-11,14H,4-8H2,1-3H3,(H,20,22). The summed E-state index contributed by atoms with van der Waals surface area (Å²) in [5, 5.41) is 8.46. The number of aromatic nitrogens is 3. The molecular weight excluding hydrogens is 276 g/mol. The SMILES string of the molecule is Cc1nc2c(cnn2C(C)C)cc1C(=O)NC1CCCCC1. The first-order chi connectivity index (χ1) is 10.6. The number of pyridine rings is 1. The van der Waals surface area contributed by atoms with E-state index in [2.05, 4.69) is 29.2 Å². The van der Waals surface area contributed by atoms with Gasteiger partial charge < -0.3 is 5.32 Å². The smallest absolute Gasteiger partial charge is 0.253 e. The van der Waals surface area contributed by atoms with Crippen LogP contribution in [0.5, 0.6) is 0 Å². The molecule has 0 atom stereocenters. The number of aryl methyl sites for hydroxylation is 1. The molecule has 2 aromatic rings. The molecule has 0 bridgehead atoms. The van der Waals surface area contributed by atoms with Crippen LogP contribution in [0.15, 0.2) is 12.3 Å². The van der Waals surface area contributed by atoms with Gasteiger partial charge in [-0.1, -0.05) is 19.3 Å². The van der Waals surface area contributed by atoms with Gasteiger partial charge in [-0.15, -0.1) is 0 Å². The minimum Gasteiger partial charge on any atom is -0.349 e. The van der Waals surface area contributed by atoms with Gasteiger partial charge in [-0.25, -0.2) is 9.67 Å². The highest BCUT2D eigenvalue weighted by atomic mass is 16.1. The van der Waals surface area contributed by atoms with Crippen LogP contribution in [0.4, 0.5) is 0 Å². The maximum absolute atomic E-state index is 12.5. The van der Waals surface area contributed by atoms with E-state index in [1.54, 1.807) is 6.20 Å². The Kier molecular flexibility index (Phi) is 4.14. The molecule has 0 aliphatic heterocycles. The normalized spacial score (nSPS) is 16.4. The summed E-state index contributed by atoms with van der Waals surface area (Å²) in [4.78, 5) is 17.2. The van der Waals surface area contributed by atoms with E-state index in [9.17, 15) is 4.79 Å². The maximum atomic E-state index is 12.5. The van der Waals surface area contributed by atoms with E-state index in [1.165, 1.54) is 19.3 Å². The Bertz CT molecular complexity index is 683. The van der Waals surface area contributed by atoms with Gasteiger partial charge in [-0.2, -0.15) is 5.10 Å². The summed E-state index contributed by atoms with van der Waals surface area (Å²) in [5.41, 5.74) is 2.28. The number of nitrogens with one attached hydrogen (secondary N) is 1. The summed E-state index contributed by atoms with van der Waals surface area (Å²) < 4.78 is 1.89. The van der Waals surface area contributed by atoms with Crippen molar-refractivity contribution >= 4 is 16.9 Å². The minimum absolute atomic E-state index is 0.00361. The molecule has 5 nitrogen and oxygen atoms in total. The van der Waals surface area contributed by atoms with Gasteiger partial charge in [0.05, 0.1) is 17.5 Å². The van der Waals surface area contributed by atoms with Gasteiger partial charge in [0.1, 0.15) is 0 Å². The van der Waals surface area contributed by atoms with Crippen LogP contribution in [0.1, 0.15) is 68.0 Å². The summed E-state index contributed by atoms with van der Waals surface area (Å²) in [5.74, 6) is -0.00361. The Morgan fingerprint density at radius 2 is 2.05 bits per heavy atom. The van der Waals surface area contributed by atoms with Crippen LogP contribution in [0.3, 0.4) is 0 Å². The molecular formula is C17H24N4O. The molecule has 1 amide bonds. The predicted octanol–water partition coefficient (Wildman–Crippen LogP) is 3.38. The molecule has 0 spiro atoms. The van der Waals surface area contributed by atoms with Crippen LogP contribution in [0.25, 0.3) is 11.0 Å². The van der Waals surface area contributed by atoms with Crippen molar-refractivity contribution in [2.45, 2.75) is 65.0 Å². The first-order valence-electron chi connectivity index (χ1n) is 8.22. The van der Waals surface area contributed by atoms with Crippen molar-refractivity contribution in [3.05, 3.63) is 23.5 Å². The third-order valence-corrected chi connectivity index (χ3v) is 4.43. The van der Waals surface area contributed by atoms with Crippen LogP contribution < -0.4 is 5.32 Å². The van der Waals surface area contributed by atoms with Crippen LogP contribution >= 0.6 is 0 Å². The van der Waals surface area contributed by atoms with Gasteiger partial charge in [0, 0.05) is 17.5 Å². The van der Waals surface area contributed by atoms with E-state index < -0.39 is 0 Å². The monoisotopic (exact) mass is 300 g/mol. The minimum atomic E-state index is -0.00361. The lowest BCUT2D eigenvalue weighted by molar-refractivity contribution is 0.0927. The molecule has 3 rings (SSSR count). The number of carbonyl (C=O) groups excluding carboxylic acids is 1. The van der Waals surface area contributed by atoms with Gasteiger partial charge in [-0.05, 0) is 39.7 Å².